The summed E-state index contributed by atoms with van der Waals surface area (Å²) in [4.78, 5) is 43.2. The number of carbonyl (C=O) groups excluding carboxylic acids is 3. The van der Waals surface area contributed by atoms with Gasteiger partial charge in [0.2, 0.25) is 17.7 Å². The molecule has 0 radical (unpaired) electrons. The number of aliphatic hydroxyl groups is 1. The number of rotatable bonds is 8. The lowest BCUT2D eigenvalue weighted by Crippen LogP contribution is -2.56. The van der Waals surface area contributed by atoms with Gasteiger partial charge in [0, 0.05) is 5.69 Å². The van der Waals surface area contributed by atoms with Gasteiger partial charge in [-0.3, -0.25) is 14.4 Å². The maximum atomic E-state index is 14.1. The van der Waals surface area contributed by atoms with E-state index in [2.05, 4.69) is 10.6 Å². The molecule has 3 heterocycles. The number of hydrogen-bond donors (Lipinski definition) is 3. The fourth-order valence-electron chi connectivity index (χ4n) is 6.72. The second kappa shape index (κ2) is 10.1. The van der Waals surface area contributed by atoms with Gasteiger partial charge >= 0.3 is 0 Å². The van der Waals surface area contributed by atoms with Crippen molar-refractivity contribution in [3.63, 3.8) is 0 Å². The first kappa shape index (κ1) is 27.4. The van der Waals surface area contributed by atoms with E-state index in [9.17, 15) is 19.5 Å². The minimum absolute atomic E-state index is 0.113. The highest BCUT2D eigenvalue weighted by Gasteiger charge is 2.80. The van der Waals surface area contributed by atoms with Crippen LogP contribution in [0.2, 0.25) is 5.02 Å². The zero-order valence-electron chi connectivity index (χ0n) is 22.4. The molecule has 3 N–H and O–H groups in total. The number of nitrogens with zero attached hydrogens (tertiary/aromatic N) is 1. The Labute approximate surface area is 232 Å². The molecule has 208 valence electrons. The van der Waals surface area contributed by atoms with Crippen molar-refractivity contribution in [3.05, 3.63) is 53.6 Å². The summed E-state index contributed by atoms with van der Waals surface area (Å²) in [7, 11) is 0. The average Bonchev–Trinajstić information content (AvgIpc) is 3.42. The van der Waals surface area contributed by atoms with Gasteiger partial charge in [-0.2, -0.15) is 0 Å². The highest BCUT2D eigenvalue weighted by molar-refractivity contribution is 6.33. The molecule has 0 aliphatic carbocycles. The first-order chi connectivity index (χ1) is 18.6. The highest BCUT2D eigenvalue weighted by Crippen LogP contribution is 2.65. The molecule has 2 aromatic rings. The zero-order chi connectivity index (χ0) is 28.1. The molecule has 2 bridgehead atoms. The van der Waals surface area contributed by atoms with Crippen molar-refractivity contribution in [2.24, 2.45) is 17.8 Å². The third-order valence-electron chi connectivity index (χ3n) is 8.59. The van der Waals surface area contributed by atoms with Crippen molar-refractivity contribution >= 4 is 40.7 Å². The minimum atomic E-state index is -1.24. The van der Waals surface area contributed by atoms with Gasteiger partial charge in [-0.1, -0.05) is 30.7 Å². The van der Waals surface area contributed by atoms with Crippen LogP contribution in [0.5, 0.6) is 5.75 Å². The van der Waals surface area contributed by atoms with E-state index < -0.39 is 41.0 Å². The van der Waals surface area contributed by atoms with Crippen LogP contribution in [-0.4, -0.2) is 64.2 Å². The third kappa shape index (κ3) is 4.27. The Morgan fingerprint density at radius 2 is 1.87 bits per heavy atom. The topological polar surface area (TPSA) is 117 Å². The number of halogens is 1. The Bertz CT molecular complexity index is 1290. The van der Waals surface area contributed by atoms with Crippen LogP contribution < -0.4 is 15.4 Å². The molecule has 5 rings (SSSR count). The quantitative estimate of drug-likeness (QED) is 0.457. The number of nitrogens with one attached hydrogen (secondary N) is 2. The van der Waals surface area contributed by atoms with E-state index >= 15 is 0 Å². The van der Waals surface area contributed by atoms with Crippen molar-refractivity contribution in [3.8, 4) is 5.75 Å². The number of ether oxygens (including phenoxy) is 2. The number of anilines is 2. The Balaban J connectivity index is 1.51. The predicted molar refractivity (Wildman–Crippen MR) is 146 cm³/mol. The van der Waals surface area contributed by atoms with Gasteiger partial charge in [-0.25, -0.2) is 0 Å². The number of likely N-dealkylation sites (tertiary alicyclic amines) is 1. The van der Waals surface area contributed by atoms with Gasteiger partial charge in [0.05, 0.1) is 47.4 Å². The Kier molecular flexibility index (Phi) is 7.11. The van der Waals surface area contributed by atoms with Crippen LogP contribution in [0.25, 0.3) is 0 Å². The predicted octanol–water partition coefficient (Wildman–Crippen LogP) is 3.71. The summed E-state index contributed by atoms with van der Waals surface area (Å²) in [5.74, 6) is -2.36. The summed E-state index contributed by atoms with van der Waals surface area (Å²) in [5.41, 5.74) is -1.23. The smallest absolute Gasteiger partial charge is 0.250 e. The fraction of sp³-hybridized carbons (Fsp3) is 0.483. The number of para-hydroxylation sites is 1. The summed E-state index contributed by atoms with van der Waals surface area (Å²) in [6, 6.07) is 12.1. The molecule has 3 unspecified atom stereocenters. The van der Waals surface area contributed by atoms with Crippen LogP contribution in [0.15, 0.2) is 48.5 Å². The van der Waals surface area contributed by atoms with Crippen LogP contribution in [-0.2, 0) is 19.1 Å². The fourth-order valence-corrected chi connectivity index (χ4v) is 6.91. The summed E-state index contributed by atoms with van der Waals surface area (Å²) in [6.07, 6.45) is 0.419. The third-order valence-corrected chi connectivity index (χ3v) is 8.92. The van der Waals surface area contributed by atoms with Crippen molar-refractivity contribution in [1.29, 1.82) is 0 Å². The van der Waals surface area contributed by atoms with Crippen molar-refractivity contribution in [2.45, 2.75) is 57.4 Å². The molecule has 39 heavy (non-hydrogen) atoms. The van der Waals surface area contributed by atoms with E-state index in [0.717, 1.165) is 0 Å². The van der Waals surface area contributed by atoms with Gasteiger partial charge < -0.3 is 30.1 Å². The second-order valence-electron chi connectivity index (χ2n) is 10.9. The largest absolute Gasteiger partial charge is 0.494 e. The molecule has 2 aromatic carbocycles. The molecule has 3 aliphatic heterocycles. The molecule has 3 aliphatic rings. The molecule has 9 nitrogen and oxygen atoms in total. The van der Waals surface area contributed by atoms with Gasteiger partial charge in [0.25, 0.3) is 0 Å². The number of amides is 3. The van der Waals surface area contributed by atoms with Crippen molar-refractivity contribution in [1.82, 2.24) is 4.90 Å². The van der Waals surface area contributed by atoms with Gasteiger partial charge in [-0.15, -0.1) is 0 Å². The van der Waals surface area contributed by atoms with Crippen molar-refractivity contribution in [2.75, 3.05) is 23.8 Å². The lowest BCUT2D eigenvalue weighted by molar-refractivity contribution is -0.147. The molecule has 1 spiro atoms. The lowest BCUT2D eigenvalue weighted by Gasteiger charge is -2.36. The minimum Gasteiger partial charge on any atom is -0.494 e. The van der Waals surface area contributed by atoms with Crippen LogP contribution in [0.4, 0.5) is 11.4 Å². The summed E-state index contributed by atoms with van der Waals surface area (Å²) >= 11 is 6.30. The Hall–Kier alpha value is -3.14. The SMILES string of the molecule is CCOc1ccc(NC(=O)[C@@H]2[C@H]3C(=O)N([C@H](C)CO)C(C(=O)Nc4ccccc4Cl)C34CC(C)[C@@]2(C)O4)cc1. The normalized spacial score (nSPS) is 31.6. The molecule has 7 atom stereocenters. The number of fused-ring (bicyclic) bond motifs is 1. The molecular weight excluding hydrogens is 522 g/mol. The lowest BCUT2D eigenvalue weighted by atomic mass is 9.62. The van der Waals surface area contributed by atoms with Gasteiger partial charge in [-0.05, 0) is 69.5 Å². The molecular formula is C29H34ClN3O6. The Morgan fingerprint density at radius 1 is 1.18 bits per heavy atom. The van der Waals surface area contributed by atoms with Gasteiger partial charge in [0.1, 0.15) is 17.4 Å². The molecule has 0 aromatic heterocycles. The van der Waals surface area contributed by atoms with Gasteiger partial charge in [0.15, 0.2) is 0 Å². The van der Waals surface area contributed by atoms with E-state index in [1.165, 1.54) is 4.90 Å². The summed E-state index contributed by atoms with van der Waals surface area (Å²) in [5, 5.41) is 16.2. The molecule has 3 amide bonds. The van der Waals surface area contributed by atoms with Crippen LogP contribution >= 0.6 is 11.6 Å². The average molecular weight is 556 g/mol. The Morgan fingerprint density at radius 3 is 2.51 bits per heavy atom. The monoisotopic (exact) mass is 555 g/mol. The first-order valence-corrected chi connectivity index (χ1v) is 13.7. The van der Waals surface area contributed by atoms with E-state index in [4.69, 9.17) is 21.1 Å². The van der Waals surface area contributed by atoms with E-state index in [0.29, 0.717) is 35.2 Å². The zero-order valence-corrected chi connectivity index (χ0v) is 23.2. The van der Waals surface area contributed by atoms with Crippen LogP contribution in [0.3, 0.4) is 0 Å². The number of carbonyl (C=O) groups is 3. The summed E-state index contributed by atoms with van der Waals surface area (Å²) in [6.45, 7) is 7.58. The van der Waals surface area contributed by atoms with Crippen LogP contribution in [0.1, 0.15) is 34.1 Å². The van der Waals surface area contributed by atoms with E-state index in [-0.39, 0.29) is 24.3 Å². The first-order valence-electron chi connectivity index (χ1n) is 13.3. The maximum Gasteiger partial charge on any atom is 0.250 e. The molecule has 3 saturated heterocycles. The number of aliphatic hydroxyl groups excluding tert-OH is 1. The van der Waals surface area contributed by atoms with Crippen LogP contribution in [0, 0.1) is 17.8 Å². The molecule has 10 heteroatoms. The molecule has 0 saturated carbocycles. The standard InChI is InChI=1S/C29H34ClN3O6/c1-5-38-19-12-10-18(11-13-19)31-25(35)22-23-27(37)33(17(3)15-34)24(29(23)14-16(2)28(22,4)39-29)26(36)32-21-9-7-6-8-20(21)30/h6-13,16-17,22-24,34H,5,14-15H2,1-4H3,(H,31,35)(H,32,36)/t16?,17-,22+,23+,24?,28-,29?/m1/s1. The number of hydrogen-bond acceptors (Lipinski definition) is 6. The van der Waals surface area contributed by atoms with Crippen molar-refractivity contribution < 1.29 is 29.0 Å². The van der Waals surface area contributed by atoms with E-state index in [1.807, 2.05) is 20.8 Å². The number of benzene rings is 2. The van der Waals surface area contributed by atoms with E-state index in [1.54, 1.807) is 55.5 Å². The second-order valence-corrected chi connectivity index (χ2v) is 11.3. The maximum absolute atomic E-state index is 14.1. The highest BCUT2D eigenvalue weighted by atomic mass is 35.5. The summed E-state index contributed by atoms with van der Waals surface area (Å²) < 4.78 is 12.2. The molecule has 3 fully saturated rings.